The van der Waals surface area contributed by atoms with E-state index in [0.29, 0.717) is 5.92 Å². The summed E-state index contributed by atoms with van der Waals surface area (Å²) in [5.41, 5.74) is 3.09. The highest BCUT2D eigenvalue weighted by molar-refractivity contribution is 5.81. The van der Waals surface area contributed by atoms with Crippen LogP contribution in [0.5, 0.6) is 0 Å². The molecular weight excluding hydrogens is 252 g/mol. The van der Waals surface area contributed by atoms with Crippen LogP contribution in [0.3, 0.4) is 0 Å². The lowest BCUT2D eigenvalue weighted by Gasteiger charge is -2.18. The number of esters is 1. The molecule has 1 aliphatic rings. The zero-order valence-electron chi connectivity index (χ0n) is 12.0. The van der Waals surface area contributed by atoms with E-state index < -0.39 is 0 Å². The summed E-state index contributed by atoms with van der Waals surface area (Å²) in [5, 5.41) is 0. The van der Waals surface area contributed by atoms with E-state index in [1.165, 1.54) is 25.5 Å². The molecule has 0 spiro atoms. The van der Waals surface area contributed by atoms with Gasteiger partial charge in [0.05, 0.1) is 18.1 Å². The van der Waals surface area contributed by atoms with Crippen molar-refractivity contribution in [2.75, 3.05) is 7.11 Å². The fraction of sp³-hybridized carbons (Fsp3) is 0.500. The predicted molar refractivity (Wildman–Crippen MR) is 77.5 cm³/mol. The number of nitrogens with one attached hydrogen (secondary N) is 1. The summed E-state index contributed by atoms with van der Waals surface area (Å²) in [4.78, 5) is 20.1. The Hall–Kier alpha value is -1.84. The first-order chi connectivity index (χ1) is 9.69. The largest absolute Gasteiger partial charge is 0.468 e. The maximum absolute atomic E-state index is 12.2. The number of aromatic nitrogens is 2. The number of carbonyl (C=O) groups excluding carboxylic acids is 1. The minimum Gasteiger partial charge on any atom is -0.468 e. The molecule has 1 aromatic carbocycles. The van der Waals surface area contributed by atoms with Crippen LogP contribution in [0.1, 0.15) is 43.0 Å². The van der Waals surface area contributed by atoms with Gasteiger partial charge >= 0.3 is 5.97 Å². The van der Waals surface area contributed by atoms with Crippen LogP contribution in [-0.4, -0.2) is 23.0 Å². The molecule has 1 fully saturated rings. The molecule has 0 aliphatic heterocycles. The number of fused-ring (bicyclic) bond motifs is 1. The van der Waals surface area contributed by atoms with Crippen LogP contribution in [0.15, 0.2) is 18.2 Å². The number of imidazole rings is 1. The number of rotatable bonds is 3. The lowest BCUT2D eigenvalue weighted by atomic mass is 9.90. The van der Waals surface area contributed by atoms with Gasteiger partial charge in [-0.2, -0.15) is 0 Å². The van der Waals surface area contributed by atoms with Crippen LogP contribution in [0, 0.1) is 12.8 Å². The molecule has 1 heterocycles. The Morgan fingerprint density at radius 3 is 2.85 bits per heavy atom. The second-order valence-corrected chi connectivity index (χ2v) is 5.69. The van der Waals surface area contributed by atoms with Crippen molar-refractivity contribution in [2.24, 2.45) is 5.92 Å². The van der Waals surface area contributed by atoms with Crippen molar-refractivity contribution in [3.63, 3.8) is 0 Å². The Balaban J connectivity index is 2.01. The van der Waals surface area contributed by atoms with E-state index in [9.17, 15) is 4.79 Å². The Kier molecular flexibility index (Phi) is 3.47. The maximum atomic E-state index is 12.2. The summed E-state index contributed by atoms with van der Waals surface area (Å²) >= 11 is 0. The highest BCUT2D eigenvalue weighted by atomic mass is 16.5. The molecule has 0 bridgehead atoms. The average Bonchev–Trinajstić information content (AvgIpc) is 3.07. The van der Waals surface area contributed by atoms with Crippen molar-refractivity contribution >= 4 is 17.0 Å². The number of aromatic amines is 1. The maximum Gasteiger partial charge on any atom is 0.316 e. The SMILES string of the molecule is COC(=O)C(c1nc2ccc(C)cc2[nH]1)C1CCCC1. The lowest BCUT2D eigenvalue weighted by molar-refractivity contribution is -0.144. The number of hydrogen-bond donors (Lipinski definition) is 1. The Labute approximate surface area is 118 Å². The monoisotopic (exact) mass is 272 g/mol. The molecule has 106 valence electrons. The average molecular weight is 272 g/mol. The van der Waals surface area contributed by atoms with E-state index in [0.717, 1.165) is 29.7 Å². The van der Waals surface area contributed by atoms with E-state index in [1.54, 1.807) is 0 Å². The van der Waals surface area contributed by atoms with E-state index >= 15 is 0 Å². The third-order valence-electron chi connectivity index (χ3n) is 4.28. The molecule has 0 saturated heterocycles. The van der Waals surface area contributed by atoms with Crippen LogP contribution in [0.4, 0.5) is 0 Å². The molecule has 3 rings (SSSR count). The number of nitrogens with zero attached hydrogens (tertiary/aromatic N) is 1. The van der Waals surface area contributed by atoms with Crippen LogP contribution >= 0.6 is 0 Å². The van der Waals surface area contributed by atoms with Gasteiger partial charge in [-0.25, -0.2) is 4.98 Å². The molecule has 1 aromatic heterocycles. The molecule has 2 aromatic rings. The van der Waals surface area contributed by atoms with Crippen molar-refractivity contribution in [1.29, 1.82) is 0 Å². The number of hydrogen-bond acceptors (Lipinski definition) is 3. The van der Waals surface area contributed by atoms with Gasteiger partial charge < -0.3 is 9.72 Å². The van der Waals surface area contributed by atoms with E-state index in [4.69, 9.17) is 4.74 Å². The lowest BCUT2D eigenvalue weighted by Crippen LogP contribution is -2.22. The number of benzene rings is 1. The number of carbonyl (C=O) groups is 1. The topological polar surface area (TPSA) is 55.0 Å². The zero-order chi connectivity index (χ0) is 14.1. The van der Waals surface area contributed by atoms with Crippen molar-refractivity contribution < 1.29 is 9.53 Å². The molecule has 0 amide bonds. The second kappa shape index (κ2) is 5.27. The molecule has 1 N–H and O–H groups in total. The summed E-state index contributed by atoms with van der Waals surface area (Å²) in [6.07, 6.45) is 4.54. The third kappa shape index (κ3) is 2.30. The summed E-state index contributed by atoms with van der Waals surface area (Å²) in [6.45, 7) is 2.05. The first-order valence-corrected chi connectivity index (χ1v) is 7.23. The Bertz CT molecular complexity index is 626. The van der Waals surface area contributed by atoms with E-state index in [-0.39, 0.29) is 11.9 Å². The van der Waals surface area contributed by atoms with Gasteiger partial charge in [0.25, 0.3) is 0 Å². The van der Waals surface area contributed by atoms with Crippen molar-refractivity contribution in [3.05, 3.63) is 29.6 Å². The highest BCUT2D eigenvalue weighted by Gasteiger charge is 2.35. The zero-order valence-corrected chi connectivity index (χ0v) is 12.0. The van der Waals surface area contributed by atoms with Crippen LogP contribution in [-0.2, 0) is 9.53 Å². The smallest absolute Gasteiger partial charge is 0.316 e. The van der Waals surface area contributed by atoms with Gasteiger partial charge in [-0.1, -0.05) is 18.9 Å². The van der Waals surface area contributed by atoms with Gasteiger partial charge in [-0.05, 0) is 43.4 Å². The van der Waals surface area contributed by atoms with Gasteiger partial charge in [-0.15, -0.1) is 0 Å². The highest BCUT2D eigenvalue weighted by Crippen LogP contribution is 2.37. The van der Waals surface area contributed by atoms with Gasteiger partial charge in [0.2, 0.25) is 0 Å². The van der Waals surface area contributed by atoms with E-state index in [2.05, 4.69) is 23.0 Å². The molecule has 1 unspecified atom stereocenters. The number of methoxy groups -OCH3 is 1. The first-order valence-electron chi connectivity index (χ1n) is 7.23. The summed E-state index contributed by atoms with van der Waals surface area (Å²) in [5.74, 6) is 0.677. The Morgan fingerprint density at radius 1 is 1.40 bits per heavy atom. The van der Waals surface area contributed by atoms with Gasteiger partial charge in [-0.3, -0.25) is 4.79 Å². The minimum atomic E-state index is -0.254. The molecule has 20 heavy (non-hydrogen) atoms. The fourth-order valence-corrected chi connectivity index (χ4v) is 3.24. The standard InChI is InChI=1S/C16H20N2O2/c1-10-7-8-12-13(9-10)18-15(17-12)14(16(19)20-2)11-5-3-4-6-11/h7-9,11,14H,3-6H2,1-2H3,(H,17,18). The molecule has 1 saturated carbocycles. The summed E-state index contributed by atoms with van der Waals surface area (Å²) in [7, 11) is 1.46. The van der Waals surface area contributed by atoms with Crippen LogP contribution < -0.4 is 0 Å². The van der Waals surface area contributed by atoms with Crippen molar-refractivity contribution in [2.45, 2.75) is 38.5 Å². The molecule has 1 aliphatic carbocycles. The van der Waals surface area contributed by atoms with Gasteiger partial charge in [0.1, 0.15) is 11.7 Å². The van der Waals surface area contributed by atoms with Gasteiger partial charge in [0, 0.05) is 0 Å². The van der Waals surface area contributed by atoms with Crippen LogP contribution in [0.2, 0.25) is 0 Å². The molecule has 0 radical (unpaired) electrons. The van der Waals surface area contributed by atoms with E-state index in [1.807, 2.05) is 12.1 Å². The van der Waals surface area contributed by atoms with Crippen molar-refractivity contribution in [1.82, 2.24) is 9.97 Å². The fourth-order valence-electron chi connectivity index (χ4n) is 3.24. The predicted octanol–water partition coefficient (Wildman–Crippen LogP) is 3.32. The quantitative estimate of drug-likeness (QED) is 0.872. The van der Waals surface area contributed by atoms with Gasteiger partial charge in [0.15, 0.2) is 0 Å². The summed E-state index contributed by atoms with van der Waals surface area (Å²) in [6, 6.07) is 6.10. The van der Waals surface area contributed by atoms with Crippen LogP contribution in [0.25, 0.3) is 11.0 Å². The van der Waals surface area contributed by atoms with Crippen molar-refractivity contribution in [3.8, 4) is 0 Å². The summed E-state index contributed by atoms with van der Waals surface area (Å²) < 4.78 is 5.00. The normalized spacial score (nSPS) is 17.5. The Morgan fingerprint density at radius 2 is 2.15 bits per heavy atom. The number of aryl methyl sites for hydroxylation is 1. The second-order valence-electron chi connectivity index (χ2n) is 5.69. The number of ether oxygens (including phenoxy) is 1. The first kappa shape index (κ1) is 13.2. The third-order valence-corrected chi connectivity index (χ3v) is 4.28. The molecule has 4 nitrogen and oxygen atoms in total. The minimum absolute atomic E-state index is 0.173. The molecular formula is C16H20N2O2. The molecule has 4 heteroatoms. The molecule has 1 atom stereocenters. The number of H-pyrrole nitrogens is 1.